The number of thiophene rings is 1. The Morgan fingerprint density at radius 3 is 2.70 bits per heavy atom. The summed E-state index contributed by atoms with van der Waals surface area (Å²) in [4.78, 5) is 11.5. The first-order valence-electron chi connectivity index (χ1n) is 6.22. The van der Waals surface area contributed by atoms with E-state index in [-0.39, 0.29) is 16.8 Å². The molecule has 3 N–H and O–H groups in total. The highest BCUT2D eigenvalue weighted by Gasteiger charge is 2.21. The van der Waals surface area contributed by atoms with E-state index in [1.807, 2.05) is 6.07 Å². The summed E-state index contributed by atoms with van der Waals surface area (Å²) < 4.78 is 0. The molecule has 0 aliphatic rings. The minimum Gasteiger partial charge on any atom is -0.393 e. The minimum atomic E-state index is -0.477. The molecule has 0 amide bonds. The SMILES string of the molecule is CC(C)(CNc1ccc([N+](=O)[O-])c(N)c1)c1cccs1. The van der Waals surface area contributed by atoms with Crippen molar-refractivity contribution in [3.05, 3.63) is 50.7 Å². The summed E-state index contributed by atoms with van der Waals surface area (Å²) in [5.41, 5.74) is 6.57. The van der Waals surface area contributed by atoms with E-state index in [1.165, 1.54) is 10.9 Å². The molecule has 1 aromatic heterocycles. The van der Waals surface area contributed by atoms with Crippen molar-refractivity contribution in [1.82, 2.24) is 0 Å². The van der Waals surface area contributed by atoms with E-state index in [9.17, 15) is 10.1 Å². The van der Waals surface area contributed by atoms with Gasteiger partial charge in [0.15, 0.2) is 0 Å². The van der Waals surface area contributed by atoms with Crippen LogP contribution in [0.25, 0.3) is 0 Å². The van der Waals surface area contributed by atoms with Crippen molar-refractivity contribution in [1.29, 1.82) is 0 Å². The summed E-state index contributed by atoms with van der Waals surface area (Å²) in [6.07, 6.45) is 0. The van der Waals surface area contributed by atoms with Crippen molar-refractivity contribution >= 4 is 28.4 Å². The van der Waals surface area contributed by atoms with E-state index in [0.717, 1.165) is 12.2 Å². The van der Waals surface area contributed by atoms with Crippen molar-refractivity contribution < 1.29 is 4.92 Å². The third kappa shape index (κ3) is 3.08. The number of nitrogen functional groups attached to an aromatic ring is 1. The standard InChI is InChI=1S/C14H17N3O2S/c1-14(2,13-4-3-7-20-13)9-16-10-5-6-12(17(18)19)11(15)8-10/h3-8,16H,9,15H2,1-2H3. The van der Waals surface area contributed by atoms with Crippen LogP contribution in [-0.2, 0) is 5.41 Å². The van der Waals surface area contributed by atoms with Gasteiger partial charge in [-0.3, -0.25) is 10.1 Å². The molecule has 2 aromatic rings. The number of nitrogens with one attached hydrogen (secondary N) is 1. The highest BCUT2D eigenvalue weighted by Crippen LogP contribution is 2.29. The summed E-state index contributed by atoms with van der Waals surface area (Å²) in [6, 6.07) is 8.85. The van der Waals surface area contributed by atoms with E-state index in [0.29, 0.717) is 0 Å². The van der Waals surface area contributed by atoms with Crippen LogP contribution in [0.4, 0.5) is 17.1 Å². The molecular weight excluding hydrogens is 274 g/mol. The van der Waals surface area contributed by atoms with Gasteiger partial charge in [0.2, 0.25) is 0 Å². The lowest BCUT2D eigenvalue weighted by molar-refractivity contribution is -0.383. The number of nitro benzene ring substituents is 1. The summed E-state index contributed by atoms with van der Waals surface area (Å²) in [5, 5.41) is 16.1. The summed E-state index contributed by atoms with van der Waals surface area (Å²) in [7, 11) is 0. The molecule has 5 nitrogen and oxygen atoms in total. The summed E-state index contributed by atoms with van der Waals surface area (Å²) in [5.74, 6) is 0. The molecule has 0 atom stereocenters. The second-order valence-electron chi connectivity index (χ2n) is 5.25. The zero-order chi connectivity index (χ0) is 14.8. The molecule has 0 spiro atoms. The van der Waals surface area contributed by atoms with E-state index < -0.39 is 4.92 Å². The zero-order valence-corrected chi connectivity index (χ0v) is 12.2. The molecular formula is C14H17N3O2S. The Labute approximate surface area is 121 Å². The number of hydrogen-bond donors (Lipinski definition) is 2. The summed E-state index contributed by atoms with van der Waals surface area (Å²) >= 11 is 1.72. The first-order valence-corrected chi connectivity index (χ1v) is 7.10. The van der Waals surface area contributed by atoms with Gasteiger partial charge in [0.25, 0.3) is 5.69 Å². The third-order valence-electron chi connectivity index (χ3n) is 3.15. The predicted molar refractivity (Wildman–Crippen MR) is 83.3 cm³/mol. The fraction of sp³-hybridized carbons (Fsp3) is 0.286. The molecule has 0 unspecified atom stereocenters. The lowest BCUT2D eigenvalue weighted by atomic mass is 9.91. The normalized spacial score (nSPS) is 11.3. The first-order chi connectivity index (χ1) is 9.40. The maximum absolute atomic E-state index is 10.7. The van der Waals surface area contributed by atoms with Crippen LogP contribution in [-0.4, -0.2) is 11.5 Å². The Balaban J connectivity index is 2.08. The Hall–Kier alpha value is -2.08. The largest absolute Gasteiger partial charge is 0.393 e. The molecule has 0 aliphatic heterocycles. The van der Waals surface area contributed by atoms with Crippen LogP contribution in [0.2, 0.25) is 0 Å². The maximum Gasteiger partial charge on any atom is 0.292 e. The van der Waals surface area contributed by atoms with E-state index in [4.69, 9.17) is 5.73 Å². The lowest BCUT2D eigenvalue weighted by Crippen LogP contribution is -2.26. The lowest BCUT2D eigenvalue weighted by Gasteiger charge is -2.24. The number of nitrogens with zero attached hydrogens (tertiary/aromatic N) is 1. The third-order valence-corrected chi connectivity index (χ3v) is 4.38. The number of hydrogen-bond acceptors (Lipinski definition) is 5. The number of rotatable bonds is 5. The highest BCUT2D eigenvalue weighted by atomic mass is 32.1. The molecule has 0 fully saturated rings. The molecule has 1 heterocycles. The van der Waals surface area contributed by atoms with Gasteiger partial charge in [0, 0.05) is 28.6 Å². The minimum absolute atomic E-state index is 0.00922. The van der Waals surface area contributed by atoms with Crippen molar-refractivity contribution in [3.63, 3.8) is 0 Å². The summed E-state index contributed by atoms with van der Waals surface area (Å²) in [6.45, 7) is 5.03. The van der Waals surface area contributed by atoms with E-state index in [2.05, 4.69) is 30.6 Å². The van der Waals surface area contributed by atoms with Gasteiger partial charge < -0.3 is 11.1 Å². The van der Waals surface area contributed by atoms with Crippen LogP contribution < -0.4 is 11.1 Å². The fourth-order valence-corrected chi connectivity index (χ4v) is 2.76. The Morgan fingerprint density at radius 1 is 1.40 bits per heavy atom. The fourth-order valence-electron chi connectivity index (χ4n) is 1.90. The van der Waals surface area contributed by atoms with Crippen LogP contribution in [0, 0.1) is 10.1 Å². The maximum atomic E-state index is 10.7. The Morgan fingerprint density at radius 2 is 2.15 bits per heavy atom. The van der Waals surface area contributed by atoms with Gasteiger partial charge in [-0.2, -0.15) is 0 Å². The van der Waals surface area contributed by atoms with E-state index in [1.54, 1.807) is 23.5 Å². The number of nitro groups is 1. The number of anilines is 2. The van der Waals surface area contributed by atoms with Gasteiger partial charge in [-0.05, 0) is 23.6 Å². The van der Waals surface area contributed by atoms with E-state index >= 15 is 0 Å². The predicted octanol–water partition coefficient (Wildman–Crippen LogP) is 3.63. The molecule has 106 valence electrons. The van der Waals surface area contributed by atoms with Crippen LogP contribution in [0.5, 0.6) is 0 Å². The van der Waals surface area contributed by atoms with Gasteiger partial charge >= 0.3 is 0 Å². The average Bonchev–Trinajstić information content (AvgIpc) is 2.90. The van der Waals surface area contributed by atoms with Gasteiger partial charge in [0.1, 0.15) is 5.69 Å². The second-order valence-corrected chi connectivity index (χ2v) is 6.19. The molecule has 6 heteroatoms. The van der Waals surface area contributed by atoms with Crippen molar-refractivity contribution in [3.8, 4) is 0 Å². The Kier molecular flexibility index (Phi) is 3.94. The van der Waals surface area contributed by atoms with Crippen molar-refractivity contribution in [2.24, 2.45) is 0 Å². The molecule has 0 radical (unpaired) electrons. The molecule has 20 heavy (non-hydrogen) atoms. The van der Waals surface area contributed by atoms with Gasteiger partial charge in [0.05, 0.1) is 4.92 Å². The Bertz CT molecular complexity index is 609. The zero-order valence-electron chi connectivity index (χ0n) is 11.4. The topological polar surface area (TPSA) is 81.2 Å². The van der Waals surface area contributed by atoms with Crippen LogP contribution in [0.15, 0.2) is 35.7 Å². The molecule has 0 aliphatic carbocycles. The second kappa shape index (κ2) is 5.50. The molecule has 0 saturated heterocycles. The average molecular weight is 291 g/mol. The van der Waals surface area contributed by atoms with Crippen LogP contribution in [0.1, 0.15) is 18.7 Å². The van der Waals surface area contributed by atoms with Crippen molar-refractivity contribution in [2.45, 2.75) is 19.3 Å². The first kappa shape index (κ1) is 14.3. The van der Waals surface area contributed by atoms with Crippen LogP contribution >= 0.6 is 11.3 Å². The molecule has 0 bridgehead atoms. The number of nitrogens with two attached hydrogens (primary N) is 1. The molecule has 0 saturated carbocycles. The van der Waals surface area contributed by atoms with Crippen molar-refractivity contribution in [2.75, 3.05) is 17.6 Å². The van der Waals surface area contributed by atoms with Crippen LogP contribution in [0.3, 0.4) is 0 Å². The molecule has 2 rings (SSSR count). The monoisotopic (exact) mass is 291 g/mol. The van der Waals surface area contributed by atoms with Gasteiger partial charge in [-0.15, -0.1) is 11.3 Å². The quantitative estimate of drug-likeness (QED) is 0.501. The highest BCUT2D eigenvalue weighted by molar-refractivity contribution is 7.10. The number of benzene rings is 1. The van der Waals surface area contributed by atoms with Gasteiger partial charge in [-0.1, -0.05) is 19.9 Å². The molecule has 1 aromatic carbocycles. The van der Waals surface area contributed by atoms with Gasteiger partial charge in [-0.25, -0.2) is 0 Å². The smallest absolute Gasteiger partial charge is 0.292 e.